The number of carbonyl (C=O) groups is 2. The van der Waals surface area contributed by atoms with E-state index in [0.29, 0.717) is 6.42 Å². The van der Waals surface area contributed by atoms with Crippen molar-refractivity contribution in [1.82, 2.24) is 10.2 Å². The molecule has 0 aliphatic carbocycles. The number of hydrogen-bond acceptors (Lipinski definition) is 4. The summed E-state index contributed by atoms with van der Waals surface area (Å²) in [5.41, 5.74) is 2.62. The molecule has 4 aromatic rings. The zero-order valence-electron chi connectivity index (χ0n) is 25.8. The Morgan fingerprint density at radius 1 is 0.870 bits per heavy atom. The predicted octanol–water partition coefficient (Wildman–Crippen LogP) is 7.81. The zero-order valence-corrected chi connectivity index (χ0v) is 29.7. The Morgan fingerprint density at radius 3 is 2.07 bits per heavy atom. The number of rotatable bonds is 13. The van der Waals surface area contributed by atoms with Crippen molar-refractivity contribution >= 4 is 66.7 Å². The van der Waals surface area contributed by atoms with Crippen molar-refractivity contribution in [3.8, 4) is 0 Å². The Hall–Kier alpha value is -3.37. The highest BCUT2D eigenvalue weighted by Gasteiger charge is 2.35. The summed E-state index contributed by atoms with van der Waals surface area (Å²) in [5.74, 6) is -0.905. The SMILES string of the molecule is CC[C@@H](C)NC(=O)[C@@H](Cc1ccccc1)N(Cc1ccc(Br)cc1)C(=O)CN(c1cc(Cl)cc(Cl)c1)S(=O)(=O)c1ccc(C)cc1. The molecule has 0 heterocycles. The van der Waals surface area contributed by atoms with Crippen molar-refractivity contribution < 1.29 is 18.0 Å². The molecule has 0 radical (unpaired) electrons. The minimum Gasteiger partial charge on any atom is -0.352 e. The van der Waals surface area contributed by atoms with Crippen LogP contribution in [-0.2, 0) is 32.6 Å². The molecule has 4 aromatic carbocycles. The lowest BCUT2D eigenvalue weighted by Gasteiger charge is -2.34. The summed E-state index contributed by atoms with van der Waals surface area (Å²) >= 11 is 16.1. The number of sulfonamides is 1. The van der Waals surface area contributed by atoms with Crippen LogP contribution in [0.2, 0.25) is 10.0 Å². The molecule has 2 amide bonds. The molecule has 7 nitrogen and oxygen atoms in total. The maximum atomic E-state index is 14.6. The molecule has 11 heteroatoms. The molecule has 2 atom stereocenters. The maximum Gasteiger partial charge on any atom is 0.264 e. The Bertz CT molecular complexity index is 1740. The summed E-state index contributed by atoms with van der Waals surface area (Å²) in [7, 11) is -4.28. The zero-order chi connectivity index (χ0) is 33.4. The van der Waals surface area contributed by atoms with Crippen LogP contribution in [0.5, 0.6) is 0 Å². The number of carbonyl (C=O) groups excluding carboxylic acids is 2. The van der Waals surface area contributed by atoms with Gasteiger partial charge >= 0.3 is 0 Å². The highest BCUT2D eigenvalue weighted by atomic mass is 79.9. The third-order valence-electron chi connectivity index (χ3n) is 7.56. The second-order valence-corrected chi connectivity index (χ2v) is 14.8. The van der Waals surface area contributed by atoms with Crippen LogP contribution in [0.15, 0.2) is 106 Å². The third kappa shape index (κ3) is 9.35. The molecule has 0 unspecified atom stereocenters. The van der Waals surface area contributed by atoms with E-state index in [1.807, 2.05) is 75.4 Å². The summed E-state index contributed by atoms with van der Waals surface area (Å²) in [4.78, 5) is 29.9. The minimum atomic E-state index is -4.28. The lowest BCUT2D eigenvalue weighted by Crippen LogP contribution is -2.54. The van der Waals surface area contributed by atoms with Crippen molar-refractivity contribution in [2.45, 2.75) is 57.1 Å². The lowest BCUT2D eigenvalue weighted by atomic mass is 10.0. The van der Waals surface area contributed by atoms with Gasteiger partial charge in [-0.2, -0.15) is 0 Å². The second kappa shape index (κ2) is 16.0. The molecule has 0 bridgehead atoms. The number of halogens is 3. The Morgan fingerprint density at radius 2 is 1.48 bits per heavy atom. The quantitative estimate of drug-likeness (QED) is 0.151. The summed E-state index contributed by atoms with van der Waals surface area (Å²) in [6.07, 6.45) is 0.918. The summed E-state index contributed by atoms with van der Waals surface area (Å²) in [6.45, 7) is 5.17. The average molecular weight is 746 g/mol. The Balaban J connectivity index is 1.83. The van der Waals surface area contributed by atoms with Crippen molar-refractivity contribution in [2.75, 3.05) is 10.8 Å². The van der Waals surface area contributed by atoms with E-state index < -0.39 is 28.5 Å². The summed E-state index contributed by atoms with van der Waals surface area (Å²) in [5, 5.41) is 3.45. The first-order valence-corrected chi connectivity index (χ1v) is 17.8. The molecule has 0 saturated heterocycles. The average Bonchev–Trinajstić information content (AvgIpc) is 3.02. The van der Waals surface area contributed by atoms with Gasteiger partial charge in [0.2, 0.25) is 11.8 Å². The highest BCUT2D eigenvalue weighted by molar-refractivity contribution is 9.10. The van der Waals surface area contributed by atoms with Crippen LogP contribution in [-0.4, -0.2) is 43.8 Å². The number of aryl methyl sites for hydroxylation is 1. The van der Waals surface area contributed by atoms with Gasteiger partial charge in [-0.1, -0.05) is 106 Å². The van der Waals surface area contributed by atoms with Gasteiger partial charge in [0.05, 0.1) is 10.6 Å². The predicted molar refractivity (Wildman–Crippen MR) is 189 cm³/mol. The first-order valence-electron chi connectivity index (χ1n) is 14.8. The van der Waals surface area contributed by atoms with Gasteiger partial charge in [-0.3, -0.25) is 13.9 Å². The fourth-order valence-electron chi connectivity index (χ4n) is 4.83. The van der Waals surface area contributed by atoms with Crippen LogP contribution in [0.3, 0.4) is 0 Å². The largest absolute Gasteiger partial charge is 0.352 e. The van der Waals surface area contributed by atoms with Crippen LogP contribution in [0, 0.1) is 6.92 Å². The smallest absolute Gasteiger partial charge is 0.264 e. The fourth-order valence-corrected chi connectivity index (χ4v) is 7.01. The standard InChI is InChI=1S/C35H36BrCl2N3O4S/c1-4-25(3)39-35(43)33(18-26-8-6-5-7-9-26)40(22-27-12-14-28(36)15-13-27)34(42)23-41(31-20-29(37)19-30(38)21-31)46(44,45)32-16-10-24(2)11-17-32/h5-17,19-21,25,33H,4,18,22-23H2,1-3H3,(H,39,43)/t25-,33-/m1/s1. The van der Waals surface area contributed by atoms with Crippen molar-refractivity contribution in [1.29, 1.82) is 0 Å². The van der Waals surface area contributed by atoms with E-state index in [2.05, 4.69) is 21.2 Å². The first kappa shape index (κ1) is 35.5. The van der Waals surface area contributed by atoms with E-state index in [4.69, 9.17) is 23.2 Å². The van der Waals surface area contributed by atoms with Gasteiger partial charge in [0.15, 0.2) is 0 Å². The monoisotopic (exact) mass is 743 g/mol. The van der Waals surface area contributed by atoms with Crippen molar-refractivity contribution in [3.63, 3.8) is 0 Å². The molecular formula is C35H36BrCl2N3O4S. The lowest BCUT2D eigenvalue weighted by molar-refractivity contribution is -0.140. The number of nitrogens with zero attached hydrogens (tertiary/aromatic N) is 2. The van der Waals surface area contributed by atoms with Gasteiger partial charge in [0.25, 0.3) is 10.0 Å². The van der Waals surface area contributed by atoms with Gasteiger partial charge < -0.3 is 10.2 Å². The van der Waals surface area contributed by atoms with Crippen LogP contribution in [0.25, 0.3) is 0 Å². The van der Waals surface area contributed by atoms with E-state index in [0.717, 1.165) is 25.5 Å². The number of anilines is 1. The molecule has 4 rings (SSSR count). The Kier molecular flexibility index (Phi) is 12.3. The molecule has 0 aliphatic rings. The van der Waals surface area contributed by atoms with Gasteiger partial charge in [0.1, 0.15) is 12.6 Å². The van der Waals surface area contributed by atoms with E-state index in [1.54, 1.807) is 12.1 Å². The number of benzene rings is 4. The van der Waals surface area contributed by atoms with Gasteiger partial charge in [-0.15, -0.1) is 0 Å². The van der Waals surface area contributed by atoms with E-state index >= 15 is 0 Å². The number of amides is 2. The van der Waals surface area contributed by atoms with Crippen LogP contribution >= 0.6 is 39.1 Å². The van der Waals surface area contributed by atoms with Gasteiger partial charge in [0, 0.05) is 33.5 Å². The molecule has 46 heavy (non-hydrogen) atoms. The van der Waals surface area contributed by atoms with E-state index in [-0.39, 0.29) is 45.5 Å². The molecule has 242 valence electrons. The molecule has 0 aromatic heterocycles. The minimum absolute atomic E-state index is 0.00296. The Labute approximate surface area is 289 Å². The number of hydrogen-bond donors (Lipinski definition) is 1. The van der Waals surface area contributed by atoms with Gasteiger partial charge in [-0.25, -0.2) is 8.42 Å². The van der Waals surface area contributed by atoms with Crippen LogP contribution < -0.4 is 9.62 Å². The number of nitrogens with one attached hydrogen (secondary N) is 1. The van der Waals surface area contributed by atoms with Gasteiger partial charge in [-0.05, 0) is 73.9 Å². The van der Waals surface area contributed by atoms with E-state index in [1.165, 1.54) is 35.2 Å². The van der Waals surface area contributed by atoms with Crippen LogP contribution in [0.1, 0.15) is 37.0 Å². The topological polar surface area (TPSA) is 86.8 Å². The molecule has 0 saturated carbocycles. The van der Waals surface area contributed by atoms with Crippen molar-refractivity contribution in [3.05, 3.63) is 128 Å². The molecular weight excluding hydrogens is 709 g/mol. The molecule has 0 aliphatic heterocycles. The second-order valence-electron chi connectivity index (χ2n) is 11.1. The van der Waals surface area contributed by atoms with Crippen LogP contribution in [0.4, 0.5) is 5.69 Å². The highest BCUT2D eigenvalue weighted by Crippen LogP contribution is 2.30. The van der Waals surface area contributed by atoms with Crippen molar-refractivity contribution in [2.24, 2.45) is 0 Å². The third-order valence-corrected chi connectivity index (χ3v) is 10.3. The molecule has 1 N–H and O–H groups in total. The fraction of sp³-hybridized carbons (Fsp3) is 0.257. The molecule has 0 spiro atoms. The normalized spacial score (nSPS) is 12.7. The van der Waals surface area contributed by atoms with E-state index in [9.17, 15) is 18.0 Å². The molecule has 0 fully saturated rings. The summed E-state index contributed by atoms with van der Waals surface area (Å²) < 4.78 is 30.2. The first-order chi connectivity index (χ1) is 21.9. The summed E-state index contributed by atoms with van der Waals surface area (Å²) in [6, 6.07) is 26.5. The maximum absolute atomic E-state index is 14.6.